The van der Waals surface area contributed by atoms with E-state index in [4.69, 9.17) is 9.94 Å². The van der Waals surface area contributed by atoms with E-state index in [2.05, 4.69) is 0 Å². The van der Waals surface area contributed by atoms with Crippen molar-refractivity contribution in [3.63, 3.8) is 0 Å². The van der Waals surface area contributed by atoms with Gasteiger partial charge in [-0.1, -0.05) is 6.07 Å². The molecule has 1 aromatic heterocycles. The molecule has 2 N–H and O–H groups in total. The maximum atomic E-state index is 14.7. The first-order chi connectivity index (χ1) is 13.4. The Morgan fingerprint density at radius 1 is 1.34 bits per heavy atom. The summed E-state index contributed by atoms with van der Waals surface area (Å²) in [6.07, 6.45) is 1.48. The summed E-state index contributed by atoms with van der Waals surface area (Å²) in [5.74, 6) is -1.18. The van der Waals surface area contributed by atoms with Crippen molar-refractivity contribution in [1.82, 2.24) is 10.0 Å². The van der Waals surface area contributed by atoms with Gasteiger partial charge in [0.15, 0.2) is 14.6 Å². The second kappa shape index (κ2) is 8.34. The summed E-state index contributed by atoms with van der Waals surface area (Å²) in [7, 11) is -2.41. The van der Waals surface area contributed by atoms with E-state index in [0.29, 0.717) is 11.3 Å². The minimum Gasteiger partial charge on any atom is -0.496 e. The highest BCUT2D eigenvalue weighted by molar-refractivity contribution is 7.92. The minimum absolute atomic E-state index is 0.0935. The van der Waals surface area contributed by atoms with Crippen molar-refractivity contribution < 1.29 is 27.5 Å². The molecule has 1 amide bonds. The lowest BCUT2D eigenvalue weighted by Crippen LogP contribution is -2.50. The van der Waals surface area contributed by atoms with Crippen molar-refractivity contribution in [3.8, 4) is 16.9 Å². The molecule has 29 heavy (non-hydrogen) atoms. The number of halogens is 1. The molecule has 0 spiro atoms. The van der Waals surface area contributed by atoms with Crippen LogP contribution in [0.4, 0.5) is 4.39 Å². The second-order valence-corrected chi connectivity index (χ2v) is 9.39. The number of nitrogens with one attached hydrogen (secondary N) is 1. The molecule has 2 rings (SSSR count). The van der Waals surface area contributed by atoms with E-state index in [1.165, 1.54) is 12.6 Å². The van der Waals surface area contributed by atoms with Gasteiger partial charge in [-0.05, 0) is 43.5 Å². The second-order valence-electron chi connectivity index (χ2n) is 6.95. The number of aromatic nitrogens is 1. The van der Waals surface area contributed by atoms with Gasteiger partial charge in [-0.25, -0.2) is 18.3 Å². The van der Waals surface area contributed by atoms with Crippen LogP contribution in [0.5, 0.6) is 5.75 Å². The molecule has 10 heteroatoms. The van der Waals surface area contributed by atoms with Crippen LogP contribution in [-0.4, -0.2) is 42.2 Å². The van der Waals surface area contributed by atoms with Crippen LogP contribution < -0.4 is 15.8 Å². The average Bonchev–Trinajstić information content (AvgIpc) is 2.66. The fourth-order valence-electron chi connectivity index (χ4n) is 2.91. The number of methoxy groups -OCH3 is 1. The zero-order valence-corrected chi connectivity index (χ0v) is 17.3. The van der Waals surface area contributed by atoms with E-state index < -0.39 is 31.9 Å². The maximum absolute atomic E-state index is 14.7. The van der Waals surface area contributed by atoms with E-state index in [9.17, 15) is 22.4 Å². The fourth-order valence-corrected chi connectivity index (χ4v) is 3.75. The SMILES string of the molecule is COc1ccc(-c2cc(=O)n(CCC(C)(C(=O)NO)S(C)(=O)=O)cc2F)cc1C. The molecule has 0 fully saturated rings. The van der Waals surface area contributed by atoms with Crippen molar-refractivity contribution >= 4 is 15.7 Å². The molecule has 0 bridgehead atoms. The molecule has 0 saturated carbocycles. The molecule has 8 nitrogen and oxygen atoms in total. The summed E-state index contributed by atoms with van der Waals surface area (Å²) in [4.78, 5) is 24.3. The highest BCUT2D eigenvalue weighted by Crippen LogP contribution is 2.27. The van der Waals surface area contributed by atoms with Crippen LogP contribution in [0.1, 0.15) is 18.9 Å². The number of carbonyl (C=O) groups is 1. The molecule has 2 aromatic rings. The highest BCUT2D eigenvalue weighted by Gasteiger charge is 2.43. The summed E-state index contributed by atoms with van der Waals surface area (Å²) >= 11 is 0. The lowest BCUT2D eigenvalue weighted by molar-refractivity contribution is -0.131. The van der Waals surface area contributed by atoms with Gasteiger partial charge >= 0.3 is 0 Å². The van der Waals surface area contributed by atoms with E-state index in [1.807, 2.05) is 0 Å². The van der Waals surface area contributed by atoms with Gasteiger partial charge in [0.05, 0.1) is 7.11 Å². The van der Waals surface area contributed by atoms with E-state index in [0.717, 1.165) is 35.6 Å². The molecular formula is C19H23FN2O6S. The third-order valence-electron chi connectivity index (χ3n) is 5.01. The number of ether oxygens (including phenoxy) is 1. The number of carbonyl (C=O) groups excluding carboxylic acids is 1. The number of hydrogen-bond acceptors (Lipinski definition) is 6. The van der Waals surface area contributed by atoms with Crippen LogP contribution >= 0.6 is 0 Å². The van der Waals surface area contributed by atoms with Gasteiger partial charge in [0.1, 0.15) is 11.6 Å². The summed E-state index contributed by atoms with van der Waals surface area (Å²) in [6, 6.07) is 6.09. The van der Waals surface area contributed by atoms with Gasteiger partial charge < -0.3 is 9.30 Å². The minimum atomic E-state index is -3.92. The van der Waals surface area contributed by atoms with Crippen molar-refractivity contribution in [2.24, 2.45) is 0 Å². The molecule has 1 aromatic carbocycles. The van der Waals surface area contributed by atoms with Gasteiger partial charge in [-0.15, -0.1) is 0 Å². The third-order valence-corrected chi connectivity index (χ3v) is 7.04. The quantitative estimate of drug-likeness (QED) is 0.514. The summed E-state index contributed by atoms with van der Waals surface area (Å²) in [5.41, 5.74) is 2.13. The fraction of sp³-hybridized carbons (Fsp3) is 0.368. The zero-order chi connectivity index (χ0) is 22.0. The monoisotopic (exact) mass is 426 g/mol. The highest BCUT2D eigenvalue weighted by atomic mass is 32.2. The molecule has 158 valence electrons. The van der Waals surface area contributed by atoms with E-state index >= 15 is 0 Å². The maximum Gasteiger partial charge on any atom is 0.264 e. The van der Waals surface area contributed by atoms with Crippen LogP contribution in [0.25, 0.3) is 11.1 Å². The first-order valence-corrected chi connectivity index (χ1v) is 10.5. The van der Waals surface area contributed by atoms with Crippen LogP contribution in [0.15, 0.2) is 35.3 Å². The Kier molecular flexibility index (Phi) is 6.49. The van der Waals surface area contributed by atoms with Gasteiger partial charge in [-0.3, -0.25) is 14.8 Å². The molecule has 0 saturated heterocycles. The Bertz CT molecular complexity index is 1100. The topological polar surface area (TPSA) is 115 Å². The number of pyridine rings is 1. The first kappa shape index (κ1) is 22.6. The number of amides is 1. The zero-order valence-electron chi connectivity index (χ0n) is 16.5. The predicted octanol–water partition coefficient (Wildman–Crippen LogP) is 1.67. The Labute approximate surface area is 167 Å². The number of rotatable bonds is 7. The Morgan fingerprint density at radius 2 is 2.00 bits per heavy atom. The number of hydrogen-bond donors (Lipinski definition) is 2. The smallest absolute Gasteiger partial charge is 0.264 e. The third kappa shape index (κ3) is 4.48. The van der Waals surface area contributed by atoms with Crippen LogP contribution in [0.2, 0.25) is 0 Å². The largest absolute Gasteiger partial charge is 0.496 e. The standard InChI is InChI=1S/C19H23FN2O6S/c1-12-9-13(5-6-16(12)28-3)14-10-17(23)22(11-15(14)20)8-7-19(2,18(24)21-25)29(4,26)27/h5-6,9-11,25H,7-8H2,1-4H3,(H,21,24). The van der Waals surface area contributed by atoms with Gasteiger partial charge in [0.2, 0.25) is 0 Å². The summed E-state index contributed by atoms with van der Waals surface area (Å²) in [6.45, 7) is 2.68. The van der Waals surface area contributed by atoms with Crippen molar-refractivity contribution in [2.45, 2.75) is 31.6 Å². The van der Waals surface area contributed by atoms with Crippen LogP contribution in [0.3, 0.4) is 0 Å². The molecule has 1 heterocycles. The normalized spacial score (nSPS) is 13.6. The van der Waals surface area contributed by atoms with Crippen molar-refractivity contribution in [1.29, 1.82) is 0 Å². The Hall–Kier alpha value is -2.72. The molecular weight excluding hydrogens is 403 g/mol. The molecule has 0 aliphatic carbocycles. The Morgan fingerprint density at radius 3 is 2.52 bits per heavy atom. The molecule has 1 unspecified atom stereocenters. The summed E-state index contributed by atoms with van der Waals surface area (Å²) < 4.78 is 42.9. The van der Waals surface area contributed by atoms with Crippen LogP contribution in [-0.2, 0) is 21.2 Å². The molecule has 0 radical (unpaired) electrons. The number of hydroxylamine groups is 1. The average molecular weight is 426 g/mol. The summed E-state index contributed by atoms with van der Waals surface area (Å²) in [5, 5.41) is 8.85. The van der Waals surface area contributed by atoms with Crippen molar-refractivity contribution in [2.75, 3.05) is 13.4 Å². The lowest BCUT2D eigenvalue weighted by atomic mass is 10.0. The molecule has 0 aliphatic heterocycles. The van der Waals surface area contributed by atoms with Crippen LogP contribution in [0, 0.1) is 12.7 Å². The molecule has 1 atom stereocenters. The van der Waals surface area contributed by atoms with E-state index in [1.54, 1.807) is 25.1 Å². The number of aryl methyl sites for hydroxylation is 2. The number of nitrogens with zero attached hydrogens (tertiary/aromatic N) is 1. The molecule has 0 aliphatic rings. The van der Waals surface area contributed by atoms with Gasteiger partial charge in [-0.2, -0.15) is 0 Å². The number of sulfone groups is 1. The first-order valence-electron chi connectivity index (χ1n) is 8.63. The Balaban J connectivity index is 2.38. The predicted molar refractivity (Wildman–Crippen MR) is 105 cm³/mol. The van der Waals surface area contributed by atoms with E-state index in [-0.39, 0.29) is 18.5 Å². The lowest BCUT2D eigenvalue weighted by Gasteiger charge is -2.25. The van der Waals surface area contributed by atoms with Gasteiger partial charge in [0.25, 0.3) is 11.5 Å². The van der Waals surface area contributed by atoms with Gasteiger partial charge in [0, 0.05) is 30.6 Å². The number of benzene rings is 1. The van der Waals surface area contributed by atoms with Crippen molar-refractivity contribution in [3.05, 3.63) is 52.2 Å².